The first-order chi connectivity index (χ1) is 9.63. The number of likely N-dealkylation sites (tertiary alicyclic amines) is 1. The Kier molecular flexibility index (Phi) is 3.09. The summed E-state index contributed by atoms with van der Waals surface area (Å²) in [5.41, 5.74) is 0.972. The van der Waals surface area contributed by atoms with Crippen molar-refractivity contribution in [1.29, 1.82) is 0 Å². The zero-order valence-electron chi connectivity index (χ0n) is 11.1. The molecule has 3 heterocycles. The van der Waals surface area contributed by atoms with Crippen LogP contribution in [0, 0.1) is 6.92 Å². The maximum Gasteiger partial charge on any atom is 0.274 e. The van der Waals surface area contributed by atoms with E-state index in [1.54, 1.807) is 11.1 Å². The van der Waals surface area contributed by atoms with Gasteiger partial charge in [0, 0.05) is 37.0 Å². The van der Waals surface area contributed by atoms with E-state index >= 15 is 0 Å². The highest BCUT2D eigenvalue weighted by molar-refractivity contribution is 5.92. The van der Waals surface area contributed by atoms with E-state index in [0.29, 0.717) is 13.1 Å². The van der Waals surface area contributed by atoms with Crippen LogP contribution < -0.4 is 5.56 Å². The molecule has 1 aliphatic heterocycles. The summed E-state index contributed by atoms with van der Waals surface area (Å²) in [6, 6.07) is 2.76. The Morgan fingerprint density at radius 2 is 2.30 bits per heavy atom. The molecule has 104 valence electrons. The van der Waals surface area contributed by atoms with Crippen LogP contribution in [-0.4, -0.2) is 44.1 Å². The number of rotatable bonds is 2. The number of carbonyl (C=O) groups is 1. The monoisotopic (exact) mass is 273 g/mol. The number of H-pyrrole nitrogens is 2. The van der Waals surface area contributed by atoms with E-state index in [9.17, 15) is 9.59 Å². The summed E-state index contributed by atoms with van der Waals surface area (Å²) in [6.45, 7) is 3.25. The molecule has 3 rings (SSSR count). The van der Waals surface area contributed by atoms with Gasteiger partial charge < -0.3 is 9.88 Å². The molecule has 2 aromatic heterocycles. The molecule has 1 fully saturated rings. The fraction of sp³-hybridized carbons (Fsp3) is 0.385. The molecule has 20 heavy (non-hydrogen) atoms. The van der Waals surface area contributed by atoms with Gasteiger partial charge in [-0.2, -0.15) is 5.10 Å². The highest BCUT2D eigenvalue weighted by atomic mass is 16.2. The summed E-state index contributed by atoms with van der Waals surface area (Å²) in [5, 5.41) is 6.05. The molecule has 1 atom stereocenters. The molecule has 0 aromatic carbocycles. The molecule has 2 aromatic rings. The number of nitrogens with one attached hydrogen (secondary N) is 2. The van der Waals surface area contributed by atoms with Gasteiger partial charge in [0.25, 0.3) is 11.5 Å². The van der Waals surface area contributed by atoms with Crippen LogP contribution in [0.2, 0.25) is 0 Å². The van der Waals surface area contributed by atoms with Gasteiger partial charge in [0.2, 0.25) is 0 Å². The molecule has 7 heteroatoms. The fourth-order valence-corrected chi connectivity index (χ4v) is 2.43. The van der Waals surface area contributed by atoms with Crippen molar-refractivity contribution in [1.82, 2.24) is 25.1 Å². The SMILES string of the molecule is Cc1cnc([C@@H]2CCN(C(=O)c3ccc(=O)[nH]n3)C2)[nH]1. The van der Waals surface area contributed by atoms with Crippen molar-refractivity contribution < 1.29 is 4.79 Å². The molecule has 0 aliphatic carbocycles. The Morgan fingerprint density at radius 3 is 2.95 bits per heavy atom. The Hall–Kier alpha value is -2.44. The van der Waals surface area contributed by atoms with E-state index < -0.39 is 0 Å². The topological polar surface area (TPSA) is 94.7 Å². The maximum absolute atomic E-state index is 12.3. The number of imidazole rings is 1. The number of carbonyl (C=O) groups excluding carboxylic acids is 1. The molecule has 0 bridgehead atoms. The van der Waals surface area contributed by atoms with E-state index in [1.807, 2.05) is 6.92 Å². The smallest absolute Gasteiger partial charge is 0.274 e. The van der Waals surface area contributed by atoms with Crippen LogP contribution in [-0.2, 0) is 0 Å². The molecule has 1 saturated heterocycles. The molecule has 7 nitrogen and oxygen atoms in total. The summed E-state index contributed by atoms with van der Waals surface area (Å²) in [4.78, 5) is 32.5. The molecule has 0 saturated carbocycles. The molecule has 0 spiro atoms. The first kappa shape index (κ1) is 12.6. The fourth-order valence-electron chi connectivity index (χ4n) is 2.43. The Morgan fingerprint density at radius 1 is 1.45 bits per heavy atom. The predicted molar refractivity (Wildman–Crippen MR) is 71.4 cm³/mol. The maximum atomic E-state index is 12.3. The average molecular weight is 273 g/mol. The molecule has 0 unspecified atom stereocenters. The minimum absolute atomic E-state index is 0.160. The van der Waals surface area contributed by atoms with Gasteiger partial charge in [-0.3, -0.25) is 9.59 Å². The van der Waals surface area contributed by atoms with Crippen LogP contribution in [0.25, 0.3) is 0 Å². The Balaban J connectivity index is 1.72. The molecule has 1 amide bonds. The van der Waals surface area contributed by atoms with Gasteiger partial charge in [0.15, 0.2) is 0 Å². The minimum atomic E-state index is -0.313. The van der Waals surface area contributed by atoms with E-state index in [-0.39, 0.29) is 23.1 Å². The normalized spacial score (nSPS) is 18.4. The highest BCUT2D eigenvalue weighted by Gasteiger charge is 2.30. The number of amides is 1. The highest BCUT2D eigenvalue weighted by Crippen LogP contribution is 2.25. The molecular formula is C13H15N5O2. The van der Waals surface area contributed by atoms with Crippen molar-refractivity contribution in [3.8, 4) is 0 Å². The number of hydrogen-bond donors (Lipinski definition) is 2. The van der Waals surface area contributed by atoms with Gasteiger partial charge >= 0.3 is 0 Å². The quantitative estimate of drug-likeness (QED) is 0.829. The second kappa shape index (κ2) is 4.92. The van der Waals surface area contributed by atoms with Crippen molar-refractivity contribution in [2.45, 2.75) is 19.3 Å². The van der Waals surface area contributed by atoms with E-state index in [2.05, 4.69) is 20.2 Å². The second-order valence-corrected chi connectivity index (χ2v) is 4.99. The molecular weight excluding hydrogens is 258 g/mol. The number of aromatic amines is 2. The van der Waals surface area contributed by atoms with Crippen LogP contribution >= 0.6 is 0 Å². The van der Waals surface area contributed by atoms with Crippen LogP contribution in [0.4, 0.5) is 0 Å². The van der Waals surface area contributed by atoms with Gasteiger partial charge in [0.05, 0.1) is 0 Å². The lowest BCUT2D eigenvalue weighted by molar-refractivity contribution is 0.0783. The van der Waals surface area contributed by atoms with Crippen LogP contribution in [0.3, 0.4) is 0 Å². The lowest BCUT2D eigenvalue weighted by Crippen LogP contribution is -2.30. The first-order valence-electron chi connectivity index (χ1n) is 6.50. The van der Waals surface area contributed by atoms with Crippen LogP contribution in [0.5, 0.6) is 0 Å². The van der Waals surface area contributed by atoms with Crippen molar-refractivity contribution >= 4 is 5.91 Å². The molecule has 1 aliphatic rings. The zero-order valence-corrected chi connectivity index (χ0v) is 11.1. The standard InChI is InChI=1S/C13H15N5O2/c1-8-6-14-12(15-8)9-4-5-18(7-9)13(20)10-2-3-11(19)17-16-10/h2-3,6,9H,4-5,7H2,1H3,(H,14,15)(H,17,19)/t9-/m1/s1. The lowest BCUT2D eigenvalue weighted by atomic mass is 10.1. The number of aryl methyl sites for hydroxylation is 1. The average Bonchev–Trinajstić information content (AvgIpc) is 3.07. The molecule has 2 N–H and O–H groups in total. The van der Waals surface area contributed by atoms with Crippen LogP contribution in [0.1, 0.15) is 34.3 Å². The lowest BCUT2D eigenvalue weighted by Gasteiger charge is -2.15. The minimum Gasteiger partial charge on any atom is -0.346 e. The molecule has 0 radical (unpaired) electrons. The van der Waals surface area contributed by atoms with Crippen molar-refractivity contribution in [2.24, 2.45) is 0 Å². The summed E-state index contributed by atoms with van der Waals surface area (Å²) in [7, 11) is 0. The van der Waals surface area contributed by atoms with Gasteiger partial charge in [0.1, 0.15) is 11.5 Å². The number of aromatic nitrogens is 4. The zero-order chi connectivity index (χ0) is 14.1. The van der Waals surface area contributed by atoms with Gasteiger partial charge in [-0.15, -0.1) is 0 Å². The number of nitrogens with zero attached hydrogens (tertiary/aromatic N) is 3. The van der Waals surface area contributed by atoms with E-state index in [1.165, 1.54) is 12.1 Å². The van der Waals surface area contributed by atoms with E-state index in [4.69, 9.17) is 0 Å². The second-order valence-electron chi connectivity index (χ2n) is 4.99. The van der Waals surface area contributed by atoms with Crippen molar-refractivity contribution in [3.05, 3.63) is 45.9 Å². The summed E-state index contributed by atoms with van der Waals surface area (Å²) in [6.07, 6.45) is 2.67. The third-order valence-corrected chi connectivity index (χ3v) is 3.48. The van der Waals surface area contributed by atoms with Gasteiger partial charge in [-0.25, -0.2) is 10.1 Å². The first-order valence-corrected chi connectivity index (χ1v) is 6.50. The van der Waals surface area contributed by atoms with Gasteiger partial charge in [-0.1, -0.05) is 0 Å². The third-order valence-electron chi connectivity index (χ3n) is 3.48. The van der Waals surface area contributed by atoms with Gasteiger partial charge in [-0.05, 0) is 19.4 Å². The summed E-state index contributed by atoms with van der Waals surface area (Å²) in [5.74, 6) is 0.995. The summed E-state index contributed by atoms with van der Waals surface area (Å²) < 4.78 is 0. The van der Waals surface area contributed by atoms with Crippen LogP contribution in [0.15, 0.2) is 23.1 Å². The summed E-state index contributed by atoms with van der Waals surface area (Å²) >= 11 is 0. The Bertz CT molecular complexity index is 670. The Labute approximate surface area is 115 Å². The van der Waals surface area contributed by atoms with Crippen molar-refractivity contribution in [3.63, 3.8) is 0 Å². The van der Waals surface area contributed by atoms with Crippen molar-refractivity contribution in [2.75, 3.05) is 13.1 Å². The predicted octanol–water partition coefficient (Wildman–Crippen LogP) is 0.431. The number of hydrogen-bond acceptors (Lipinski definition) is 4. The van der Waals surface area contributed by atoms with E-state index in [0.717, 1.165) is 17.9 Å². The third kappa shape index (κ3) is 2.34. The largest absolute Gasteiger partial charge is 0.346 e.